The predicted molar refractivity (Wildman–Crippen MR) is 114 cm³/mol. The van der Waals surface area contributed by atoms with Crippen LogP contribution in [0, 0.1) is 0 Å². The lowest BCUT2D eigenvalue weighted by Crippen LogP contribution is -2.21. The van der Waals surface area contributed by atoms with Gasteiger partial charge in [-0.05, 0) is 61.9 Å². The van der Waals surface area contributed by atoms with Crippen molar-refractivity contribution in [2.24, 2.45) is 0 Å². The summed E-state index contributed by atoms with van der Waals surface area (Å²) in [5.41, 5.74) is 2.65. The highest BCUT2D eigenvalue weighted by atomic mass is 16.5. The van der Waals surface area contributed by atoms with E-state index in [9.17, 15) is 4.79 Å². The fourth-order valence-electron chi connectivity index (χ4n) is 2.90. The molecule has 0 aliphatic carbocycles. The third-order valence-corrected chi connectivity index (χ3v) is 4.38. The molecule has 0 saturated heterocycles. The second-order valence-corrected chi connectivity index (χ2v) is 6.00. The van der Waals surface area contributed by atoms with Crippen LogP contribution in [0.2, 0.25) is 0 Å². The smallest absolute Gasteiger partial charge is 0.248 e. The van der Waals surface area contributed by atoms with Gasteiger partial charge in [0.1, 0.15) is 0 Å². The number of anilines is 2. The second kappa shape index (κ2) is 10.3. The standard InChI is InChI=1S/C22H28N2O4/c1-6-24(7-2)18-11-9-17(10-12-18)23-21(25)13-8-16-14-19(26-3)22(28-5)20(15-16)27-4/h8-15H,6-7H2,1-5H3,(H,23,25). The molecule has 0 aliphatic rings. The van der Waals surface area contributed by atoms with Gasteiger partial charge < -0.3 is 24.4 Å². The molecule has 6 nitrogen and oxygen atoms in total. The molecule has 0 atom stereocenters. The van der Waals surface area contributed by atoms with Gasteiger partial charge in [0.05, 0.1) is 21.3 Å². The maximum Gasteiger partial charge on any atom is 0.248 e. The van der Waals surface area contributed by atoms with Gasteiger partial charge in [0.2, 0.25) is 11.7 Å². The maximum absolute atomic E-state index is 12.3. The fraction of sp³-hybridized carbons (Fsp3) is 0.318. The van der Waals surface area contributed by atoms with Crippen LogP contribution in [0.4, 0.5) is 11.4 Å². The van der Waals surface area contributed by atoms with Crippen LogP contribution < -0.4 is 24.4 Å². The first-order chi connectivity index (χ1) is 13.6. The molecule has 0 heterocycles. The average Bonchev–Trinajstić information content (AvgIpc) is 2.73. The first-order valence-corrected chi connectivity index (χ1v) is 9.20. The molecule has 6 heteroatoms. The SMILES string of the molecule is CCN(CC)c1ccc(NC(=O)C=Cc2cc(OC)c(OC)c(OC)c2)cc1. The number of nitrogens with zero attached hydrogens (tertiary/aromatic N) is 1. The van der Waals surface area contributed by atoms with Crippen LogP contribution >= 0.6 is 0 Å². The number of rotatable bonds is 9. The van der Waals surface area contributed by atoms with Crippen molar-refractivity contribution in [3.8, 4) is 17.2 Å². The first kappa shape index (κ1) is 21.2. The molecule has 0 spiro atoms. The van der Waals surface area contributed by atoms with Crippen LogP contribution in [-0.2, 0) is 4.79 Å². The van der Waals surface area contributed by atoms with E-state index in [1.54, 1.807) is 39.5 Å². The lowest BCUT2D eigenvalue weighted by atomic mass is 10.1. The van der Waals surface area contributed by atoms with Crippen molar-refractivity contribution >= 4 is 23.4 Å². The molecule has 0 fully saturated rings. The van der Waals surface area contributed by atoms with Crippen molar-refractivity contribution in [2.75, 3.05) is 44.6 Å². The summed E-state index contributed by atoms with van der Waals surface area (Å²) in [5, 5.41) is 2.86. The summed E-state index contributed by atoms with van der Waals surface area (Å²) in [6, 6.07) is 11.4. The molecule has 1 N–H and O–H groups in total. The van der Waals surface area contributed by atoms with Crippen molar-refractivity contribution in [3.63, 3.8) is 0 Å². The Labute approximate surface area is 166 Å². The number of hydrogen-bond acceptors (Lipinski definition) is 5. The first-order valence-electron chi connectivity index (χ1n) is 9.20. The molecule has 0 aliphatic heterocycles. The molecule has 2 rings (SSSR count). The van der Waals surface area contributed by atoms with Crippen molar-refractivity contribution in [3.05, 3.63) is 48.0 Å². The lowest BCUT2D eigenvalue weighted by Gasteiger charge is -2.21. The van der Waals surface area contributed by atoms with Gasteiger partial charge in [0.25, 0.3) is 0 Å². The summed E-state index contributed by atoms with van der Waals surface area (Å²) < 4.78 is 16.0. The highest BCUT2D eigenvalue weighted by Crippen LogP contribution is 2.38. The van der Waals surface area contributed by atoms with Crippen molar-refractivity contribution in [1.82, 2.24) is 0 Å². The minimum atomic E-state index is -0.218. The van der Waals surface area contributed by atoms with E-state index in [1.165, 1.54) is 6.08 Å². The van der Waals surface area contributed by atoms with Crippen molar-refractivity contribution in [1.29, 1.82) is 0 Å². The van der Waals surface area contributed by atoms with Crippen LogP contribution in [-0.4, -0.2) is 40.3 Å². The third-order valence-electron chi connectivity index (χ3n) is 4.38. The van der Waals surface area contributed by atoms with E-state index in [4.69, 9.17) is 14.2 Å². The predicted octanol–water partition coefficient (Wildman–Crippen LogP) is 4.21. The molecular weight excluding hydrogens is 356 g/mol. The van der Waals surface area contributed by atoms with Crippen molar-refractivity contribution < 1.29 is 19.0 Å². The van der Waals surface area contributed by atoms with Gasteiger partial charge in [0, 0.05) is 30.5 Å². The number of methoxy groups -OCH3 is 3. The zero-order valence-corrected chi connectivity index (χ0v) is 17.1. The quantitative estimate of drug-likeness (QED) is 0.656. The Morgan fingerprint density at radius 1 is 0.964 bits per heavy atom. The highest BCUT2D eigenvalue weighted by molar-refractivity contribution is 6.02. The summed E-state index contributed by atoms with van der Waals surface area (Å²) in [4.78, 5) is 14.5. The Hall–Kier alpha value is -3.15. The van der Waals surface area contributed by atoms with Gasteiger partial charge in [-0.2, -0.15) is 0 Å². The number of benzene rings is 2. The zero-order chi connectivity index (χ0) is 20.5. The molecular formula is C22H28N2O4. The van der Waals surface area contributed by atoms with Crippen LogP contribution in [0.5, 0.6) is 17.2 Å². The monoisotopic (exact) mass is 384 g/mol. The van der Waals surface area contributed by atoms with E-state index in [2.05, 4.69) is 24.1 Å². The minimum Gasteiger partial charge on any atom is -0.493 e. The highest BCUT2D eigenvalue weighted by Gasteiger charge is 2.12. The zero-order valence-electron chi connectivity index (χ0n) is 17.1. The van der Waals surface area contributed by atoms with Gasteiger partial charge in [-0.25, -0.2) is 0 Å². The van der Waals surface area contributed by atoms with Gasteiger partial charge in [0.15, 0.2) is 11.5 Å². The van der Waals surface area contributed by atoms with Gasteiger partial charge >= 0.3 is 0 Å². The van der Waals surface area contributed by atoms with Crippen molar-refractivity contribution in [2.45, 2.75) is 13.8 Å². The van der Waals surface area contributed by atoms with E-state index in [0.717, 1.165) is 30.0 Å². The number of nitrogens with one attached hydrogen (secondary N) is 1. The van der Waals surface area contributed by atoms with Gasteiger partial charge in [-0.1, -0.05) is 0 Å². The van der Waals surface area contributed by atoms with E-state index in [1.807, 2.05) is 24.3 Å². The molecule has 150 valence electrons. The summed E-state index contributed by atoms with van der Waals surface area (Å²) in [6.07, 6.45) is 3.17. The van der Waals surface area contributed by atoms with E-state index in [0.29, 0.717) is 17.2 Å². The largest absolute Gasteiger partial charge is 0.493 e. The number of carbonyl (C=O) groups excluding carboxylic acids is 1. The molecule has 0 aromatic heterocycles. The number of ether oxygens (including phenoxy) is 3. The Bertz CT molecular complexity index is 787. The summed E-state index contributed by atoms with van der Waals surface area (Å²) in [7, 11) is 4.66. The third kappa shape index (κ3) is 5.19. The number of hydrogen-bond donors (Lipinski definition) is 1. The maximum atomic E-state index is 12.3. The molecule has 2 aromatic rings. The summed E-state index contributed by atoms with van der Waals surface area (Å²) >= 11 is 0. The van der Waals surface area contributed by atoms with E-state index >= 15 is 0 Å². The van der Waals surface area contributed by atoms with Crippen LogP contribution in [0.3, 0.4) is 0 Å². The number of amides is 1. The molecule has 0 saturated carbocycles. The fourth-order valence-corrected chi connectivity index (χ4v) is 2.90. The Kier molecular flexibility index (Phi) is 7.75. The topological polar surface area (TPSA) is 60.0 Å². The van der Waals surface area contributed by atoms with Gasteiger partial charge in [-0.15, -0.1) is 0 Å². The van der Waals surface area contributed by atoms with Crippen LogP contribution in [0.1, 0.15) is 19.4 Å². The van der Waals surface area contributed by atoms with E-state index in [-0.39, 0.29) is 5.91 Å². The molecule has 0 bridgehead atoms. The Morgan fingerprint density at radius 3 is 2.00 bits per heavy atom. The molecule has 0 radical (unpaired) electrons. The molecule has 28 heavy (non-hydrogen) atoms. The molecule has 2 aromatic carbocycles. The molecule has 0 unspecified atom stereocenters. The Morgan fingerprint density at radius 2 is 1.54 bits per heavy atom. The number of carbonyl (C=O) groups is 1. The Balaban J connectivity index is 2.09. The average molecular weight is 384 g/mol. The van der Waals surface area contributed by atoms with Gasteiger partial charge in [-0.3, -0.25) is 4.79 Å². The van der Waals surface area contributed by atoms with E-state index < -0.39 is 0 Å². The summed E-state index contributed by atoms with van der Waals surface area (Å²) in [5.74, 6) is 1.37. The lowest BCUT2D eigenvalue weighted by molar-refractivity contribution is -0.111. The minimum absolute atomic E-state index is 0.218. The van der Waals surface area contributed by atoms with Crippen LogP contribution in [0.15, 0.2) is 42.5 Å². The van der Waals surface area contributed by atoms with Crippen LogP contribution in [0.25, 0.3) is 6.08 Å². The summed E-state index contributed by atoms with van der Waals surface area (Å²) in [6.45, 7) is 6.12. The second-order valence-electron chi connectivity index (χ2n) is 6.00. The normalized spacial score (nSPS) is 10.6. The molecule has 1 amide bonds.